The highest BCUT2D eigenvalue weighted by Crippen LogP contribution is 2.09. The van der Waals surface area contributed by atoms with Gasteiger partial charge >= 0.3 is 0 Å². The number of amides is 1. The summed E-state index contributed by atoms with van der Waals surface area (Å²) in [6, 6.07) is 0.218. The second-order valence-corrected chi connectivity index (χ2v) is 3.21. The SMILES string of the molecule is C#CCCC(C)C(C)NC(C)=O. The van der Waals surface area contributed by atoms with Gasteiger partial charge in [-0.2, -0.15) is 0 Å². The molecule has 2 unspecified atom stereocenters. The molecule has 0 aromatic carbocycles. The second kappa shape index (κ2) is 5.65. The van der Waals surface area contributed by atoms with Crippen molar-refractivity contribution in [2.75, 3.05) is 0 Å². The Bertz CT molecular complexity index is 181. The molecule has 0 rings (SSSR count). The van der Waals surface area contributed by atoms with E-state index >= 15 is 0 Å². The van der Waals surface area contributed by atoms with Gasteiger partial charge in [0.25, 0.3) is 0 Å². The molecule has 0 saturated heterocycles. The van der Waals surface area contributed by atoms with Crippen LogP contribution in [-0.2, 0) is 4.79 Å². The van der Waals surface area contributed by atoms with Crippen LogP contribution in [0.15, 0.2) is 0 Å². The second-order valence-electron chi connectivity index (χ2n) is 3.21. The molecule has 1 amide bonds. The summed E-state index contributed by atoms with van der Waals surface area (Å²) in [5, 5.41) is 2.84. The van der Waals surface area contributed by atoms with Gasteiger partial charge < -0.3 is 5.32 Å². The highest BCUT2D eigenvalue weighted by Gasteiger charge is 2.11. The number of hydrogen-bond donors (Lipinski definition) is 1. The fraction of sp³-hybridized carbons (Fsp3) is 0.700. The molecular weight excluding hydrogens is 150 g/mol. The first kappa shape index (κ1) is 11.0. The lowest BCUT2D eigenvalue weighted by molar-refractivity contribution is -0.119. The summed E-state index contributed by atoms with van der Waals surface area (Å²) in [6.45, 7) is 5.63. The molecule has 2 atom stereocenters. The first-order valence-electron chi connectivity index (χ1n) is 4.28. The summed E-state index contributed by atoms with van der Waals surface area (Å²) >= 11 is 0. The number of hydrogen-bond acceptors (Lipinski definition) is 1. The highest BCUT2D eigenvalue weighted by atomic mass is 16.1. The minimum atomic E-state index is 0.0232. The van der Waals surface area contributed by atoms with E-state index < -0.39 is 0 Å². The third-order valence-corrected chi connectivity index (χ3v) is 2.03. The molecule has 0 aliphatic carbocycles. The maximum atomic E-state index is 10.7. The smallest absolute Gasteiger partial charge is 0.217 e. The van der Waals surface area contributed by atoms with E-state index in [4.69, 9.17) is 6.42 Å². The monoisotopic (exact) mass is 167 g/mol. The molecule has 0 saturated carbocycles. The molecule has 0 fully saturated rings. The zero-order valence-corrected chi connectivity index (χ0v) is 8.05. The van der Waals surface area contributed by atoms with Crippen LogP contribution in [0.2, 0.25) is 0 Å². The zero-order valence-electron chi connectivity index (χ0n) is 8.05. The molecule has 68 valence electrons. The fourth-order valence-corrected chi connectivity index (χ4v) is 1.02. The summed E-state index contributed by atoms with van der Waals surface area (Å²) in [4.78, 5) is 10.7. The molecule has 0 aliphatic heterocycles. The van der Waals surface area contributed by atoms with Gasteiger partial charge in [0.1, 0.15) is 0 Å². The van der Waals surface area contributed by atoms with Gasteiger partial charge in [0.05, 0.1) is 0 Å². The lowest BCUT2D eigenvalue weighted by Gasteiger charge is -2.19. The predicted octanol–water partition coefficient (Wildman–Crippen LogP) is 1.56. The Hall–Kier alpha value is -0.970. The molecular formula is C10H17NO. The van der Waals surface area contributed by atoms with Crippen LogP contribution in [0.4, 0.5) is 0 Å². The molecule has 0 spiro atoms. The van der Waals surface area contributed by atoms with E-state index in [1.807, 2.05) is 6.92 Å². The molecule has 0 aromatic rings. The van der Waals surface area contributed by atoms with E-state index in [0.717, 1.165) is 12.8 Å². The van der Waals surface area contributed by atoms with Crippen molar-refractivity contribution >= 4 is 5.91 Å². The Kier molecular flexibility index (Phi) is 5.19. The van der Waals surface area contributed by atoms with Crippen molar-refractivity contribution in [3.8, 4) is 12.3 Å². The molecule has 0 aliphatic rings. The molecule has 2 heteroatoms. The van der Waals surface area contributed by atoms with E-state index in [-0.39, 0.29) is 11.9 Å². The van der Waals surface area contributed by atoms with Gasteiger partial charge in [0.2, 0.25) is 5.91 Å². The number of rotatable bonds is 4. The first-order chi connectivity index (χ1) is 5.57. The molecule has 0 aromatic heterocycles. The third-order valence-electron chi connectivity index (χ3n) is 2.03. The van der Waals surface area contributed by atoms with Crippen molar-refractivity contribution in [1.82, 2.24) is 5.32 Å². The van der Waals surface area contributed by atoms with E-state index in [1.165, 1.54) is 6.92 Å². The van der Waals surface area contributed by atoms with E-state index in [1.54, 1.807) is 0 Å². The maximum Gasteiger partial charge on any atom is 0.217 e. The van der Waals surface area contributed by atoms with Gasteiger partial charge in [-0.1, -0.05) is 6.92 Å². The van der Waals surface area contributed by atoms with Crippen LogP contribution in [0, 0.1) is 18.3 Å². The van der Waals surface area contributed by atoms with Gasteiger partial charge in [-0.25, -0.2) is 0 Å². The molecule has 1 N–H and O–H groups in total. The minimum Gasteiger partial charge on any atom is -0.354 e. The molecule has 12 heavy (non-hydrogen) atoms. The van der Waals surface area contributed by atoms with Crippen molar-refractivity contribution in [2.45, 2.75) is 39.7 Å². The Morgan fingerprint density at radius 3 is 2.58 bits per heavy atom. The largest absolute Gasteiger partial charge is 0.354 e. The van der Waals surface area contributed by atoms with Crippen LogP contribution in [-0.4, -0.2) is 11.9 Å². The molecule has 0 bridgehead atoms. The van der Waals surface area contributed by atoms with Crippen LogP contribution in [0.3, 0.4) is 0 Å². The van der Waals surface area contributed by atoms with E-state index in [0.29, 0.717) is 5.92 Å². The lowest BCUT2D eigenvalue weighted by Crippen LogP contribution is -2.35. The Morgan fingerprint density at radius 2 is 2.17 bits per heavy atom. The summed E-state index contributed by atoms with van der Waals surface area (Å²) in [5.41, 5.74) is 0. The van der Waals surface area contributed by atoms with Crippen LogP contribution in [0.1, 0.15) is 33.6 Å². The average Bonchev–Trinajstić information content (AvgIpc) is 1.98. The van der Waals surface area contributed by atoms with E-state index in [2.05, 4.69) is 18.2 Å². The van der Waals surface area contributed by atoms with Crippen molar-refractivity contribution in [3.63, 3.8) is 0 Å². The predicted molar refractivity (Wildman–Crippen MR) is 50.5 cm³/mol. The topological polar surface area (TPSA) is 29.1 Å². The summed E-state index contributed by atoms with van der Waals surface area (Å²) in [7, 11) is 0. The van der Waals surface area contributed by atoms with Gasteiger partial charge in [0, 0.05) is 19.4 Å². The van der Waals surface area contributed by atoms with Crippen LogP contribution >= 0.6 is 0 Å². The van der Waals surface area contributed by atoms with E-state index in [9.17, 15) is 4.79 Å². The third kappa shape index (κ3) is 4.79. The Balaban J connectivity index is 3.69. The van der Waals surface area contributed by atoms with Gasteiger partial charge in [-0.05, 0) is 19.3 Å². The van der Waals surface area contributed by atoms with Crippen molar-refractivity contribution in [3.05, 3.63) is 0 Å². The summed E-state index contributed by atoms with van der Waals surface area (Å²) in [5.74, 6) is 3.07. The average molecular weight is 167 g/mol. The molecule has 0 radical (unpaired) electrons. The fourth-order valence-electron chi connectivity index (χ4n) is 1.02. The Morgan fingerprint density at radius 1 is 1.58 bits per heavy atom. The highest BCUT2D eigenvalue weighted by molar-refractivity contribution is 5.73. The normalized spacial score (nSPS) is 14.5. The number of terminal acetylenes is 1. The first-order valence-corrected chi connectivity index (χ1v) is 4.28. The van der Waals surface area contributed by atoms with Crippen molar-refractivity contribution in [2.24, 2.45) is 5.92 Å². The Labute approximate surface area is 74.7 Å². The number of carbonyl (C=O) groups is 1. The molecule has 0 heterocycles. The van der Waals surface area contributed by atoms with Gasteiger partial charge in [-0.15, -0.1) is 12.3 Å². The quantitative estimate of drug-likeness (QED) is 0.632. The number of carbonyl (C=O) groups excluding carboxylic acids is 1. The van der Waals surface area contributed by atoms with Crippen LogP contribution in [0.25, 0.3) is 0 Å². The van der Waals surface area contributed by atoms with Crippen molar-refractivity contribution < 1.29 is 4.79 Å². The summed E-state index contributed by atoms with van der Waals surface area (Å²) in [6.07, 6.45) is 6.89. The van der Waals surface area contributed by atoms with Crippen LogP contribution in [0.5, 0.6) is 0 Å². The number of nitrogens with one attached hydrogen (secondary N) is 1. The summed E-state index contributed by atoms with van der Waals surface area (Å²) < 4.78 is 0. The van der Waals surface area contributed by atoms with Crippen molar-refractivity contribution in [1.29, 1.82) is 0 Å². The van der Waals surface area contributed by atoms with Gasteiger partial charge in [0.15, 0.2) is 0 Å². The minimum absolute atomic E-state index is 0.0232. The lowest BCUT2D eigenvalue weighted by atomic mass is 9.98. The van der Waals surface area contributed by atoms with Crippen LogP contribution < -0.4 is 5.32 Å². The van der Waals surface area contributed by atoms with Gasteiger partial charge in [-0.3, -0.25) is 4.79 Å². The standard InChI is InChI=1S/C10H17NO/c1-5-6-7-8(2)9(3)11-10(4)12/h1,8-9H,6-7H2,2-4H3,(H,11,12). The zero-order chi connectivity index (χ0) is 9.56. The maximum absolute atomic E-state index is 10.7. The molecule has 2 nitrogen and oxygen atoms in total.